The highest BCUT2D eigenvalue weighted by Crippen LogP contribution is 2.22. The smallest absolute Gasteiger partial charge is 0.383 e. The van der Waals surface area contributed by atoms with Gasteiger partial charge >= 0.3 is 18.3 Å². The van der Waals surface area contributed by atoms with Crippen LogP contribution in [-0.4, -0.2) is 47.1 Å². The Morgan fingerprint density at radius 1 is 1.31 bits per heavy atom. The summed E-state index contributed by atoms with van der Waals surface area (Å²) in [6.07, 6.45) is -6.54. The van der Waals surface area contributed by atoms with E-state index in [1.807, 2.05) is 0 Å². The van der Waals surface area contributed by atoms with Gasteiger partial charge < -0.3 is 15.5 Å². The van der Waals surface area contributed by atoms with E-state index in [4.69, 9.17) is 10.2 Å². The number of carbonyl (C=O) groups excluding carboxylic acids is 1. The zero-order valence-corrected chi connectivity index (χ0v) is 7.79. The molecule has 0 aliphatic rings. The highest BCUT2D eigenvalue weighted by atomic mass is 19.3. The van der Waals surface area contributed by atoms with Crippen molar-refractivity contribution >= 4 is 11.9 Å². The highest BCUT2D eigenvalue weighted by Gasteiger charge is 2.48. The van der Waals surface area contributed by atoms with Crippen LogP contribution in [0.1, 0.15) is 6.42 Å². The van der Waals surface area contributed by atoms with Crippen LogP contribution < -0.4 is 5.32 Å². The summed E-state index contributed by atoms with van der Waals surface area (Å²) in [5.41, 5.74) is 0. The van der Waals surface area contributed by atoms with E-state index in [0.717, 1.165) is 0 Å². The quantitative estimate of drug-likeness (QED) is 0.569. The number of carboxylic acid groups (broad SMARTS) is 1. The fourth-order valence-corrected chi connectivity index (χ4v) is 0.663. The molecule has 0 heterocycles. The Balaban J connectivity index is 4.04. The summed E-state index contributed by atoms with van der Waals surface area (Å²) in [6, 6.07) is 0. The van der Waals surface area contributed by atoms with Gasteiger partial charge in [0.15, 0.2) is 6.10 Å². The molecule has 9 heteroatoms. The van der Waals surface area contributed by atoms with Crippen LogP contribution >= 0.6 is 0 Å². The third-order valence-electron chi connectivity index (χ3n) is 1.57. The van der Waals surface area contributed by atoms with Crippen LogP contribution in [0.5, 0.6) is 0 Å². The van der Waals surface area contributed by atoms with E-state index in [1.54, 1.807) is 0 Å². The van der Waals surface area contributed by atoms with Gasteiger partial charge in [0, 0.05) is 13.0 Å². The minimum atomic E-state index is -4.83. The van der Waals surface area contributed by atoms with Gasteiger partial charge in [-0.3, -0.25) is 4.79 Å². The van der Waals surface area contributed by atoms with Gasteiger partial charge in [0.2, 0.25) is 0 Å². The van der Waals surface area contributed by atoms with Gasteiger partial charge in [0.05, 0.1) is 0 Å². The number of aliphatic hydroxyl groups is 1. The minimum absolute atomic E-state index is 0.555. The number of carboxylic acids is 1. The molecule has 0 aromatic rings. The summed E-state index contributed by atoms with van der Waals surface area (Å²) in [5.74, 6) is -8.64. The van der Waals surface area contributed by atoms with Crippen LogP contribution in [0.4, 0.5) is 17.6 Å². The molecule has 0 radical (unpaired) electrons. The number of hydrogen-bond acceptors (Lipinski definition) is 3. The van der Waals surface area contributed by atoms with Gasteiger partial charge in [-0.05, 0) is 0 Å². The predicted molar refractivity (Wildman–Crippen MR) is 42.2 cm³/mol. The number of amides is 1. The Bertz CT molecular complexity index is 271. The Morgan fingerprint density at radius 2 is 1.81 bits per heavy atom. The second-order valence-electron chi connectivity index (χ2n) is 2.82. The van der Waals surface area contributed by atoms with Crippen LogP contribution in [0.2, 0.25) is 0 Å². The monoisotopic (exact) mass is 247 g/mol. The summed E-state index contributed by atoms with van der Waals surface area (Å²) >= 11 is 0. The standard InChI is InChI=1S/C7H9F4NO4/c8-5(9)7(10,11)6(16)12-2-1-3(13)4(14)15/h3,5,13H,1-2H2,(H,12,16)(H,14,15). The molecule has 0 aromatic carbocycles. The van der Waals surface area contributed by atoms with E-state index in [0.29, 0.717) is 0 Å². The number of halogens is 4. The first-order valence-electron chi connectivity index (χ1n) is 4.04. The molecule has 1 amide bonds. The minimum Gasteiger partial charge on any atom is -0.479 e. The van der Waals surface area contributed by atoms with Gasteiger partial charge in [-0.25, -0.2) is 13.6 Å². The first-order chi connectivity index (χ1) is 7.19. The molecule has 1 unspecified atom stereocenters. The van der Waals surface area contributed by atoms with E-state index in [1.165, 1.54) is 5.32 Å². The summed E-state index contributed by atoms with van der Waals surface area (Å²) in [5, 5.41) is 18.2. The molecule has 0 rings (SSSR count). The zero-order valence-electron chi connectivity index (χ0n) is 7.79. The number of carbonyl (C=O) groups is 2. The Morgan fingerprint density at radius 3 is 2.19 bits per heavy atom. The lowest BCUT2D eigenvalue weighted by Gasteiger charge is -2.15. The summed E-state index contributed by atoms with van der Waals surface area (Å²) in [4.78, 5) is 20.5. The average Bonchev–Trinajstić information content (AvgIpc) is 2.16. The van der Waals surface area contributed by atoms with Gasteiger partial charge in [-0.15, -0.1) is 0 Å². The molecule has 3 N–H and O–H groups in total. The fourth-order valence-electron chi connectivity index (χ4n) is 0.663. The normalized spacial score (nSPS) is 13.6. The van der Waals surface area contributed by atoms with E-state index < -0.39 is 43.3 Å². The van der Waals surface area contributed by atoms with Crippen molar-refractivity contribution in [1.29, 1.82) is 0 Å². The molecule has 0 bridgehead atoms. The lowest BCUT2D eigenvalue weighted by atomic mass is 10.2. The fraction of sp³-hybridized carbons (Fsp3) is 0.714. The first kappa shape index (κ1) is 14.6. The number of aliphatic carboxylic acids is 1. The van der Waals surface area contributed by atoms with Crippen molar-refractivity contribution in [3.8, 4) is 0 Å². The van der Waals surface area contributed by atoms with Gasteiger partial charge in [-0.1, -0.05) is 0 Å². The lowest BCUT2D eigenvalue weighted by Crippen LogP contribution is -2.46. The van der Waals surface area contributed by atoms with Crippen molar-refractivity contribution in [1.82, 2.24) is 5.32 Å². The highest BCUT2D eigenvalue weighted by molar-refractivity contribution is 5.83. The number of alkyl halides is 4. The van der Waals surface area contributed by atoms with E-state index in [2.05, 4.69) is 0 Å². The number of nitrogens with one attached hydrogen (secondary N) is 1. The van der Waals surface area contributed by atoms with Crippen molar-refractivity contribution in [3.63, 3.8) is 0 Å². The van der Waals surface area contributed by atoms with Crippen molar-refractivity contribution in [2.24, 2.45) is 0 Å². The number of hydrogen-bond donors (Lipinski definition) is 3. The topological polar surface area (TPSA) is 86.6 Å². The summed E-state index contributed by atoms with van der Waals surface area (Å²) < 4.78 is 47.8. The van der Waals surface area contributed by atoms with Crippen molar-refractivity contribution in [2.45, 2.75) is 24.9 Å². The van der Waals surface area contributed by atoms with Gasteiger partial charge in [0.1, 0.15) is 0 Å². The second-order valence-corrected chi connectivity index (χ2v) is 2.82. The van der Waals surface area contributed by atoms with Crippen molar-refractivity contribution in [2.75, 3.05) is 6.54 Å². The molecule has 0 aliphatic carbocycles. The third kappa shape index (κ3) is 4.01. The molecule has 5 nitrogen and oxygen atoms in total. The zero-order chi connectivity index (χ0) is 12.9. The molecular formula is C7H9F4NO4. The molecular weight excluding hydrogens is 238 g/mol. The molecule has 0 fully saturated rings. The van der Waals surface area contributed by atoms with Gasteiger partial charge in [0.25, 0.3) is 5.91 Å². The third-order valence-corrected chi connectivity index (χ3v) is 1.57. The Labute approximate surface area is 87.1 Å². The maximum Gasteiger partial charge on any atom is 0.383 e. The Kier molecular flexibility index (Phi) is 5.15. The summed E-state index contributed by atoms with van der Waals surface area (Å²) in [7, 11) is 0. The molecule has 0 aliphatic heterocycles. The SMILES string of the molecule is O=C(O)C(O)CCNC(=O)C(F)(F)C(F)F. The van der Waals surface area contributed by atoms with Crippen molar-refractivity contribution in [3.05, 3.63) is 0 Å². The van der Waals surface area contributed by atoms with Crippen LogP contribution in [0.15, 0.2) is 0 Å². The average molecular weight is 247 g/mol. The molecule has 0 aromatic heterocycles. The van der Waals surface area contributed by atoms with E-state index in [-0.39, 0.29) is 0 Å². The second kappa shape index (κ2) is 5.64. The lowest BCUT2D eigenvalue weighted by molar-refractivity contribution is -0.169. The Hall–Kier alpha value is -1.38. The first-order valence-corrected chi connectivity index (χ1v) is 4.04. The number of rotatable bonds is 6. The van der Waals surface area contributed by atoms with E-state index in [9.17, 15) is 27.2 Å². The predicted octanol–water partition coefficient (Wildman–Crippen LogP) is -0.161. The largest absolute Gasteiger partial charge is 0.479 e. The van der Waals surface area contributed by atoms with E-state index >= 15 is 0 Å². The van der Waals surface area contributed by atoms with Crippen LogP contribution in [0.3, 0.4) is 0 Å². The number of aliphatic hydroxyl groups excluding tert-OH is 1. The van der Waals surface area contributed by atoms with Crippen LogP contribution in [-0.2, 0) is 9.59 Å². The molecule has 0 saturated carbocycles. The molecule has 1 atom stereocenters. The molecule has 16 heavy (non-hydrogen) atoms. The van der Waals surface area contributed by atoms with Gasteiger partial charge in [-0.2, -0.15) is 8.78 Å². The molecule has 0 saturated heterocycles. The van der Waals surface area contributed by atoms with Crippen LogP contribution in [0.25, 0.3) is 0 Å². The summed E-state index contributed by atoms with van der Waals surface area (Å²) in [6.45, 7) is -0.644. The maximum atomic E-state index is 12.3. The van der Waals surface area contributed by atoms with Crippen LogP contribution in [0, 0.1) is 0 Å². The molecule has 0 spiro atoms. The maximum absolute atomic E-state index is 12.3. The molecule has 94 valence electrons. The van der Waals surface area contributed by atoms with Crippen molar-refractivity contribution < 1.29 is 37.4 Å².